The third kappa shape index (κ3) is 11.6. The van der Waals surface area contributed by atoms with Crippen LogP contribution in [0.2, 0.25) is 0 Å². The van der Waals surface area contributed by atoms with Gasteiger partial charge in [-0.25, -0.2) is 9.63 Å². The summed E-state index contributed by atoms with van der Waals surface area (Å²) in [6.45, 7) is 0. The van der Waals surface area contributed by atoms with Crippen molar-refractivity contribution in [3.8, 4) is 0 Å². The minimum absolute atomic E-state index is 0. The smallest absolute Gasteiger partial charge is 0.448 e. The Balaban J connectivity index is 0. The fraction of sp³-hybridized carbons (Fsp3) is 0. The maximum Gasteiger partial charge on any atom is 0.534 e. The van der Waals surface area contributed by atoms with Crippen molar-refractivity contribution in [1.82, 2.24) is 0 Å². The van der Waals surface area contributed by atoms with E-state index in [-0.39, 0.29) is 5.48 Å². The number of carbonyl (C=O) groups is 1. The van der Waals surface area contributed by atoms with Crippen LogP contribution in [0.25, 0.3) is 0 Å². The third-order valence-corrected chi connectivity index (χ3v) is 0.115. The van der Waals surface area contributed by atoms with Gasteiger partial charge in [-0.3, -0.25) is 0 Å². The second-order valence-corrected chi connectivity index (χ2v) is 0.432. The third-order valence-electron chi connectivity index (χ3n) is 0.115. The number of hydrogen-bond acceptors (Lipinski definition) is 4. The summed E-state index contributed by atoms with van der Waals surface area (Å²) in [7, 11) is 0. The average Bonchev–Trinajstić information content (AvgIpc) is 1.35. The summed E-state index contributed by atoms with van der Waals surface area (Å²) in [5.41, 5.74) is 0. The van der Waals surface area contributed by atoms with E-state index in [0.29, 0.717) is 0 Å². The van der Waals surface area contributed by atoms with Crippen molar-refractivity contribution in [3.05, 3.63) is 4.91 Å². The van der Waals surface area contributed by atoms with Crippen molar-refractivity contribution in [2.75, 3.05) is 0 Å². The fourth-order valence-electron chi connectivity index (χ4n) is 0.0319. The maximum atomic E-state index is 9.08. The molecule has 0 atom stereocenters. The van der Waals surface area contributed by atoms with Gasteiger partial charge >= 0.3 is 6.16 Å². The molecule has 6 heteroatoms. The Morgan fingerprint density at radius 2 is 2.14 bits per heavy atom. The van der Waals surface area contributed by atoms with Crippen LogP contribution in [0.1, 0.15) is 0 Å². The summed E-state index contributed by atoms with van der Waals surface area (Å²) in [5.74, 6) is 0. The summed E-state index contributed by atoms with van der Waals surface area (Å²) < 4.78 is 0. The Kier molecular flexibility index (Phi) is 6.40. The molecule has 0 aliphatic rings. The molecule has 0 aliphatic heterocycles. The summed E-state index contributed by atoms with van der Waals surface area (Å²) in [6.07, 6.45) is -1.69. The first-order valence-electron chi connectivity index (χ1n) is 0.997. The highest BCUT2D eigenvalue weighted by atomic mass is 16.8. The second-order valence-electron chi connectivity index (χ2n) is 0.432. The Morgan fingerprint density at radius 1 is 1.71 bits per heavy atom. The van der Waals surface area contributed by atoms with Gasteiger partial charge in [0, 0.05) is 0 Å². The van der Waals surface area contributed by atoms with Gasteiger partial charge < -0.3 is 10.6 Å². The van der Waals surface area contributed by atoms with E-state index in [4.69, 9.17) is 14.8 Å². The highest BCUT2D eigenvalue weighted by Gasteiger charge is 1.89. The van der Waals surface area contributed by atoms with Gasteiger partial charge in [0.1, 0.15) is 0 Å². The van der Waals surface area contributed by atoms with Gasteiger partial charge in [-0.1, -0.05) is 0 Å². The Hall–Kier alpha value is -1.17. The molecule has 0 aromatic carbocycles. The van der Waals surface area contributed by atoms with E-state index in [2.05, 4.69) is 4.84 Å². The molecule has 0 bridgehead atoms. The van der Waals surface area contributed by atoms with Crippen LogP contribution in [-0.4, -0.2) is 16.7 Å². The summed E-state index contributed by atoms with van der Waals surface area (Å²) in [6, 6.07) is 0. The van der Waals surface area contributed by atoms with Gasteiger partial charge in [0.15, 0.2) is 5.34 Å². The molecule has 3 N–H and O–H groups in total. The second kappa shape index (κ2) is 4.83. The van der Waals surface area contributed by atoms with Crippen LogP contribution in [0.4, 0.5) is 4.79 Å². The number of nitrogens with zero attached hydrogens (tertiary/aromatic N) is 1. The van der Waals surface area contributed by atoms with E-state index in [1.165, 1.54) is 0 Å². The van der Waals surface area contributed by atoms with Crippen molar-refractivity contribution in [1.29, 1.82) is 0 Å². The van der Waals surface area contributed by atoms with Crippen LogP contribution in [0.15, 0.2) is 5.34 Å². The molecule has 0 spiro atoms. The predicted molar refractivity (Wildman–Crippen MR) is 18.5 cm³/mol. The lowest BCUT2D eigenvalue weighted by Crippen LogP contribution is -1.89. The van der Waals surface area contributed by atoms with Crippen LogP contribution in [0.3, 0.4) is 0 Å². The van der Waals surface area contributed by atoms with Gasteiger partial charge in [-0.2, -0.15) is 0 Å². The lowest BCUT2D eigenvalue weighted by molar-refractivity contribution is 0.0930. The van der Waals surface area contributed by atoms with Crippen molar-refractivity contribution in [2.45, 2.75) is 0 Å². The van der Waals surface area contributed by atoms with Gasteiger partial charge in [0.25, 0.3) is 0 Å². The van der Waals surface area contributed by atoms with Crippen LogP contribution in [0, 0.1) is 4.91 Å². The molecule has 0 saturated carbocycles. The minimum atomic E-state index is -1.69. The molecular weight excluding hydrogens is 106 g/mol. The first-order chi connectivity index (χ1) is 2.77. The lowest BCUT2D eigenvalue weighted by Gasteiger charge is -1.73. The van der Waals surface area contributed by atoms with Crippen molar-refractivity contribution in [2.24, 2.45) is 5.34 Å². The summed E-state index contributed by atoms with van der Waals surface area (Å²) in [4.78, 5) is 20.9. The van der Waals surface area contributed by atoms with E-state index < -0.39 is 6.16 Å². The molecule has 0 heterocycles. The SMILES string of the molecule is O.O=NOC(=O)O. The zero-order chi connectivity index (χ0) is 4.99. The monoisotopic (exact) mass is 109 g/mol. The summed E-state index contributed by atoms with van der Waals surface area (Å²) in [5, 5.41) is 8.98. The van der Waals surface area contributed by atoms with Crippen LogP contribution < -0.4 is 0 Å². The highest BCUT2D eigenvalue weighted by molar-refractivity contribution is 5.56. The van der Waals surface area contributed by atoms with E-state index in [1.807, 2.05) is 0 Å². The van der Waals surface area contributed by atoms with E-state index in [0.717, 1.165) is 0 Å². The lowest BCUT2D eigenvalue weighted by atomic mass is 11.4. The minimum Gasteiger partial charge on any atom is -0.448 e. The van der Waals surface area contributed by atoms with Crippen LogP contribution >= 0.6 is 0 Å². The van der Waals surface area contributed by atoms with Crippen LogP contribution in [0.5, 0.6) is 0 Å². The molecule has 0 aromatic rings. The first kappa shape index (κ1) is 9.27. The largest absolute Gasteiger partial charge is 0.534 e. The quantitative estimate of drug-likeness (QED) is 0.363. The topological polar surface area (TPSA) is 107 Å². The number of rotatable bonds is 1. The highest BCUT2D eigenvalue weighted by Crippen LogP contribution is 1.70. The Labute approximate surface area is 37.9 Å². The molecule has 0 saturated heterocycles. The Bertz CT molecular complexity index is 68.5. The molecule has 42 valence electrons. The normalized spacial score (nSPS) is 5.71. The predicted octanol–water partition coefficient (Wildman–Crippen LogP) is -0.462. The molecule has 0 radical (unpaired) electrons. The summed E-state index contributed by atoms with van der Waals surface area (Å²) >= 11 is 0. The molecule has 0 fully saturated rings. The molecule has 0 rings (SSSR count). The van der Waals surface area contributed by atoms with E-state index in [1.54, 1.807) is 5.34 Å². The standard InChI is InChI=1S/CHNO4.H2O/c3-1(4)6-2-5;/h(H,3,4);1H2. The molecule has 6 nitrogen and oxygen atoms in total. The zero-order valence-electron chi connectivity index (χ0n) is 3.12. The molecule has 0 aromatic heterocycles. The van der Waals surface area contributed by atoms with Crippen molar-refractivity contribution < 1.29 is 20.2 Å². The number of carboxylic acid groups (broad SMARTS) is 1. The molecule has 0 amide bonds. The van der Waals surface area contributed by atoms with E-state index in [9.17, 15) is 0 Å². The first-order valence-corrected chi connectivity index (χ1v) is 0.997. The van der Waals surface area contributed by atoms with Gasteiger partial charge in [-0.15, -0.1) is 4.91 Å². The Morgan fingerprint density at radius 3 is 2.14 bits per heavy atom. The average molecular weight is 109 g/mol. The fourth-order valence-corrected chi connectivity index (χ4v) is 0.0319. The van der Waals surface area contributed by atoms with Gasteiger partial charge in [0.05, 0.1) is 0 Å². The van der Waals surface area contributed by atoms with E-state index >= 15 is 0 Å². The molecular formula is CH3NO5. The van der Waals surface area contributed by atoms with Crippen molar-refractivity contribution >= 4 is 6.16 Å². The number of hydrogen-bond donors (Lipinski definition) is 1. The maximum absolute atomic E-state index is 9.08. The van der Waals surface area contributed by atoms with Crippen LogP contribution in [-0.2, 0) is 4.84 Å². The zero-order valence-corrected chi connectivity index (χ0v) is 3.12. The van der Waals surface area contributed by atoms with Crippen molar-refractivity contribution in [3.63, 3.8) is 0 Å². The molecule has 0 aliphatic carbocycles. The van der Waals surface area contributed by atoms with Gasteiger partial charge in [0.2, 0.25) is 0 Å². The molecule has 0 unspecified atom stereocenters. The van der Waals surface area contributed by atoms with Gasteiger partial charge in [-0.05, 0) is 0 Å². The molecule has 7 heavy (non-hydrogen) atoms.